The van der Waals surface area contributed by atoms with Crippen LogP contribution in [-0.4, -0.2) is 42.3 Å². The van der Waals surface area contributed by atoms with Crippen LogP contribution < -0.4 is 0 Å². The molecule has 5 nitrogen and oxygen atoms in total. The molecule has 0 amide bonds. The number of hydrogen-bond acceptors (Lipinski definition) is 5. The molecule has 1 aliphatic heterocycles. The quantitative estimate of drug-likeness (QED) is 0.719. The maximum atomic E-state index is 12.8. The highest BCUT2D eigenvalue weighted by Crippen LogP contribution is 2.73. The summed E-state index contributed by atoms with van der Waals surface area (Å²) < 4.78 is 19.0. The summed E-state index contributed by atoms with van der Waals surface area (Å²) >= 11 is 0. The zero-order valence-electron chi connectivity index (χ0n) is 16.5. The summed E-state index contributed by atoms with van der Waals surface area (Å²) in [6.07, 6.45) is 2.27. The van der Waals surface area contributed by atoms with E-state index in [1.165, 1.54) is 0 Å². The molecule has 26 heavy (non-hydrogen) atoms. The summed E-state index contributed by atoms with van der Waals surface area (Å²) in [4.78, 5) is 25.4. The van der Waals surface area contributed by atoms with Gasteiger partial charge >= 0.3 is 5.97 Å². The molecule has 4 aliphatic rings. The maximum Gasteiger partial charge on any atom is 0.307 e. The summed E-state index contributed by atoms with van der Waals surface area (Å²) in [5.74, 6) is 0.214. The van der Waals surface area contributed by atoms with Crippen LogP contribution in [-0.2, 0) is 23.8 Å². The van der Waals surface area contributed by atoms with Crippen molar-refractivity contribution in [2.75, 3.05) is 13.2 Å². The zero-order chi connectivity index (χ0) is 18.9. The lowest BCUT2D eigenvalue weighted by Crippen LogP contribution is -2.73. The molecule has 1 saturated heterocycles. The minimum absolute atomic E-state index is 0.00116. The summed E-state index contributed by atoms with van der Waals surface area (Å²) in [5.41, 5.74) is -0.263. The van der Waals surface area contributed by atoms with Gasteiger partial charge in [-0.25, -0.2) is 0 Å². The Morgan fingerprint density at radius 2 is 1.96 bits per heavy atom. The van der Waals surface area contributed by atoms with Gasteiger partial charge in [0.25, 0.3) is 0 Å². The van der Waals surface area contributed by atoms with Crippen LogP contribution in [0.4, 0.5) is 0 Å². The first-order valence-electron chi connectivity index (χ1n) is 10.0. The van der Waals surface area contributed by atoms with Crippen LogP contribution in [0.1, 0.15) is 60.3 Å². The third-order valence-corrected chi connectivity index (χ3v) is 7.64. The van der Waals surface area contributed by atoms with Gasteiger partial charge in [0.15, 0.2) is 11.4 Å². The minimum atomic E-state index is -0.971. The lowest BCUT2D eigenvalue weighted by atomic mass is 9.56. The normalized spacial score (nSPS) is 47.0. The first-order chi connectivity index (χ1) is 12.3. The number of rotatable bonds is 4. The van der Waals surface area contributed by atoms with Crippen molar-refractivity contribution in [3.8, 4) is 0 Å². The Hall–Kier alpha value is -1.20. The van der Waals surface area contributed by atoms with Crippen molar-refractivity contribution in [1.29, 1.82) is 0 Å². The molecule has 4 rings (SSSR count). The molecule has 3 aliphatic carbocycles. The number of allylic oxidation sites excluding steroid dienone is 1. The fraction of sp³-hybridized carbons (Fsp3) is 0.810. The first-order valence-corrected chi connectivity index (χ1v) is 10.0. The van der Waals surface area contributed by atoms with Crippen LogP contribution in [0.5, 0.6) is 0 Å². The van der Waals surface area contributed by atoms with Gasteiger partial charge in [0.2, 0.25) is 0 Å². The molecular formula is C21H30O5. The molecule has 0 aromatic rings. The van der Waals surface area contributed by atoms with Gasteiger partial charge in [-0.1, -0.05) is 13.8 Å². The fourth-order valence-electron chi connectivity index (χ4n) is 6.72. The highest BCUT2D eigenvalue weighted by Gasteiger charge is 2.83. The molecule has 5 heteroatoms. The van der Waals surface area contributed by atoms with E-state index in [0.29, 0.717) is 26.1 Å². The van der Waals surface area contributed by atoms with Gasteiger partial charge in [0, 0.05) is 31.0 Å². The maximum absolute atomic E-state index is 12.8. The standard InChI is InChI=1S/C21H30O5/c1-6-24-18-12(3)8-9-20(25-7-2)19(5)11-16(23)26-21(18,20)17-13(4)15(22)10-14(17)19/h12,14,18H,6-11H2,1-5H3/t12?,14-,18?,19+,20-,21+/m0/s1. The molecule has 2 saturated carbocycles. The zero-order valence-corrected chi connectivity index (χ0v) is 16.5. The van der Waals surface area contributed by atoms with E-state index in [0.717, 1.165) is 24.0 Å². The molecule has 2 bridgehead atoms. The van der Waals surface area contributed by atoms with Crippen LogP contribution in [0.25, 0.3) is 0 Å². The van der Waals surface area contributed by atoms with Crippen molar-refractivity contribution in [2.24, 2.45) is 17.3 Å². The van der Waals surface area contributed by atoms with E-state index in [1.807, 2.05) is 20.8 Å². The predicted octanol–water partition coefficient (Wildman–Crippen LogP) is 3.21. The van der Waals surface area contributed by atoms with E-state index in [-0.39, 0.29) is 29.7 Å². The summed E-state index contributed by atoms with van der Waals surface area (Å²) in [5, 5.41) is 0. The van der Waals surface area contributed by atoms with Gasteiger partial charge < -0.3 is 14.2 Å². The molecule has 0 N–H and O–H groups in total. The predicted molar refractivity (Wildman–Crippen MR) is 95.5 cm³/mol. The Balaban J connectivity index is 2.05. The summed E-state index contributed by atoms with van der Waals surface area (Å²) in [7, 11) is 0. The topological polar surface area (TPSA) is 61.8 Å². The number of Topliss-reactive ketones (excluding diaryl/α,β-unsaturated/α-hetero) is 1. The Morgan fingerprint density at radius 3 is 2.62 bits per heavy atom. The number of fused-ring (bicyclic) bond motifs is 2. The smallest absolute Gasteiger partial charge is 0.307 e. The van der Waals surface area contributed by atoms with Crippen molar-refractivity contribution in [1.82, 2.24) is 0 Å². The molecule has 6 atom stereocenters. The largest absolute Gasteiger partial charge is 0.448 e. The van der Waals surface area contributed by atoms with Crippen molar-refractivity contribution < 1.29 is 23.8 Å². The number of ketones is 1. The lowest BCUT2D eigenvalue weighted by molar-refractivity contribution is -0.295. The van der Waals surface area contributed by atoms with Crippen LogP contribution >= 0.6 is 0 Å². The average Bonchev–Trinajstić information content (AvgIpc) is 2.92. The van der Waals surface area contributed by atoms with E-state index in [1.54, 1.807) is 0 Å². The van der Waals surface area contributed by atoms with Crippen LogP contribution in [0.2, 0.25) is 0 Å². The summed E-state index contributed by atoms with van der Waals surface area (Å²) in [6, 6.07) is 0. The third kappa shape index (κ3) is 1.79. The molecule has 2 unspecified atom stereocenters. The van der Waals surface area contributed by atoms with Gasteiger partial charge in [-0.05, 0) is 50.7 Å². The third-order valence-electron chi connectivity index (χ3n) is 7.64. The van der Waals surface area contributed by atoms with E-state index in [9.17, 15) is 9.59 Å². The van der Waals surface area contributed by atoms with Gasteiger partial charge in [0.05, 0.1) is 6.42 Å². The second-order valence-electron chi connectivity index (χ2n) is 8.67. The van der Waals surface area contributed by atoms with E-state index < -0.39 is 16.6 Å². The summed E-state index contributed by atoms with van der Waals surface area (Å²) in [6.45, 7) is 11.2. The van der Waals surface area contributed by atoms with Crippen LogP contribution in [0.15, 0.2) is 11.1 Å². The molecule has 3 fully saturated rings. The monoisotopic (exact) mass is 362 g/mol. The van der Waals surface area contributed by atoms with Gasteiger partial charge in [-0.3, -0.25) is 9.59 Å². The molecular weight excluding hydrogens is 332 g/mol. The van der Waals surface area contributed by atoms with Crippen molar-refractivity contribution in [3.05, 3.63) is 11.1 Å². The van der Waals surface area contributed by atoms with Gasteiger partial charge in [-0.2, -0.15) is 0 Å². The molecule has 0 spiro atoms. The van der Waals surface area contributed by atoms with E-state index >= 15 is 0 Å². The fourth-order valence-corrected chi connectivity index (χ4v) is 6.72. The Kier molecular flexibility index (Phi) is 3.95. The number of esters is 1. The molecule has 0 aromatic heterocycles. The van der Waals surface area contributed by atoms with E-state index in [2.05, 4.69) is 13.8 Å². The van der Waals surface area contributed by atoms with Crippen LogP contribution in [0, 0.1) is 17.3 Å². The van der Waals surface area contributed by atoms with E-state index in [4.69, 9.17) is 14.2 Å². The Bertz CT molecular complexity index is 697. The van der Waals surface area contributed by atoms with Crippen LogP contribution in [0.3, 0.4) is 0 Å². The van der Waals surface area contributed by atoms with Crippen molar-refractivity contribution in [2.45, 2.75) is 77.6 Å². The lowest BCUT2D eigenvalue weighted by Gasteiger charge is -2.61. The number of carbonyl (C=O) groups is 2. The van der Waals surface area contributed by atoms with Crippen molar-refractivity contribution >= 4 is 11.8 Å². The number of hydrogen-bond donors (Lipinski definition) is 0. The first kappa shape index (κ1) is 18.2. The second kappa shape index (κ2) is 5.65. The molecule has 0 radical (unpaired) electrons. The highest BCUT2D eigenvalue weighted by molar-refractivity contribution is 6.00. The van der Waals surface area contributed by atoms with Gasteiger partial charge in [-0.15, -0.1) is 0 Å². The van der Waals surface area contributed by atoms with Gasteiger partial charge in [0.1, 0.15) is 11.7 Å². The highest BCUT2D eigenvalue weighted by atomic mass is 16.6. The number of ether oxygens (including phenoxy) is 3. The van der Waals surface area contributed by atoms with Crippen molar-refractivity contribution in [3.63, 3.8) is 0 Å². The average molecular weight is 362 g/mol. The molecule has 144 valence electrons. The SMILES string of the molecule is CCOC1C(C)CC[C@@]2(OCC)[C@]13OC(=O)C[C@]2(C)[C@H]1CC(=O)C(C)=C13. The molecule has 1 heterocycles. The second-order valence-corrected chi connectivity index (χ2v) is 8.67. The number of carbonyl (C=O) groups excluding carboxylic acids is 2. The Labute approximate surface area is 155 Å². The Morgan fingerprint density at radius 1 is 1.23 bits per heavy atom. The minimum Gasteiger partial charge on any atom is -0.448 e. The molecule has 0 aromatic carbocycles.